The van der Waals surface area contributed by atoms with Gasteiger partial charge in [0.25, 0.3) is 5.69 Å². The molecule has 0 aliphatic heterocycles. The van der Waals surface area contributed by atoms with Crippen molar-refractivity contribution in [2.75, 3.05) is 0 Å². The quantitative estimate of drug-likeness (QED) is 0.510. The summed E-state index contributed by atoms with van der Waals surface area (Å²) >= 11 is 0. The maximum atomic E-state index is 11.9. The number of nitro benzene ring substituents is 1. The molecule has 1 aliphatic rings. The molecule has 0 fully saturated rings. The molecule has 0 spiro atoms. The lowest BCUT2D eigenvalue weighted by Crippen LogP contribution is -2.26. The second-order valence-electron chi connectivity index (χ2n) is 5.23. The Balaban J connectivity index is 2.03. The number of nitrogens with one attached hydrogen (secondary N) is 1. The van der Waals surface area contributed by atoms with Crippen molar-refractivity contribution in [1.29, 1.82) is 0 Å². The third-order valence-electron chi connectivity index (χ3n) is 3.78. The van der Waals surface area contributed by atoms with Gasteiger partial charge in [-0.3, -0.25) is 14.9 Å². The zero-order valence-electron chi connectivity index (χ0n) is 12.3. The fourth-order valence-electron chi connectivity index (χ4n) is 2.80. The Labute approximate surface area is 136 Å². The van der Waals surface area contributed by atoms with Crippen molar-refractivity contribution in [2.45, 2.75) is 6.04 Å². The Kier molecular flexibility index (Phi) is 3.83. The van der Waals surface area contributed by atoms with Gasteiger partial charge in [-0.1, -0.05) is 24.3 Å². The zero-order valence-corrected chi connectivity index (χ0v) is 12.3. The monoisotopic (exact) mass is 324 g/mol. The number of aliphatic carboxylic acids is 1. The number of hydrogen-bond donors (Lipinski definition) is 2. The molecular weight excluding hydrogens is 312 g/mol. The van der Waals surface area contributed by atoms with Gasteiger partial charge < -0.3 is 10.4 Å². The van der Waals surface area contributed by atoms with Crippen LogP contribution in [0.4, 0.5) is 5.69 Å². The molecule has 120 valence electrons. The predicted molar refractivity (Wildman–Crippen MR) is 85.3 cm³/mol. The molecule has 2 N–H and O–H groups in total. The second-order valence-corrected chi connectivity index (χ2v) is 5.23. The van der Waals surface area contributed by atoms with Crippen molar-refractivity contribution in [2.24, 2.45) is 0 Å². The normalized spacial score (nSPS) is 14.9. The number of rotatable bonds is 4. The maximum absolute atomic E-state index is 11.9. The van der Waals surface area contributed by atoms with E-state index in [4.69, 9.17) is 5.11 Å². The Morgan fingerprint density at radius 2 is 1.79 bits per heavy atom. The minimum Gasteiger partial charge on any atom is -0.478 e. The number of non-ortho nitro benzene ring substituents is 1. The topological polar surface area (TPSA) is 110 Å². The summed E-state index contributed by atoms with van der Waals surface area (Å²) < 4.78 is 0. The van der Waals surface area contributed by atoms with Crippen LogP contribution in [0.1, 0.15) is 17.2 Å². The highest BCUT2D eigenvalue weighted by Crippen LogP contribution is 2.44. The van der Waals surface area contributed by atoms with E-state index in [1.165, 1.54) is 12.1 Å². The molecule has 24 heavy (non-hydrogen) atoms. The van der Waals surface area contributed by atoms with Crippen molar-refractivity contribution >= 4 is 17.6 Å². The highest BCUT2D eigenvalue weighted by Gasteiger charge is 2.30. The summed E-state index contributed by atoms with van der Waals surface area (Å²) in [7, 11) is 0. The van der Waals surface area contributed by atoms with Crippen LogP contribution in [0.25, 0.3) is 11.1 Å². The summed E-state index contributed by atoms with van der Waals surface area (Å²) in [5.41, 5.74) is 3.05. The van der Waals surface area contributed by atoms with Crippen LogP contribution >= 0.6 is 0 Å². The van der Waals surface area contributed by atoms with Crippen LogP contribution < -0.4 is 5.32 Å². The van der Waals surface area contributed by atoms with Gasteiger partial charge in [0.2, 0.25) is 5.91 Å². The van der Waals surface area contributed by atoms with Gasteiger partial charge in [0.1, 0.15) is 0 Å². The van der Waals surface area contributed by atoms with Gasteiger partial charge in [0, 0.05) is 24.3 Å². The summed E-state index contributed by atoms with van der Waals surface area (Å²) in [4.78, 5) is 33.0. The third-order valence-corrected chi connectivity index (χ3v) is 3.78. The number of nitro groups is 1. The average Bonchev–Trinajstić information content (AvgIpc) is 2.87. The van der Waals surface area contributed by atoms with E-state index in [0.717, 1.165) is 28.8 Å². The van der Waals surface area contributed by atoms with Crippen LogP contribution in [-0.2, 0) is 9.59 Å². The zero-order chi connectivity index (χ0) is 17.3. The van der Waals surface area contributed by atoms with Crippen molar-refractivity contribution in [3.05, 3.63) is 75.9 Å². The van der Waals surface area contributed by atoms with Crippen LogP contribution in [0.15, 0.2) is 54.6 Å². The molecule has 3 rings (SSSR count). The van der Waals surface area contributed by atoms with E-state index in [-0.39, 0.29) is 5.69 Å². The molecule has 1 unspecified atom stereocenters. The Bertz CT molecular complexity index is 888. The number of amides is 1. The first-order valence-corrected chi connectivity index (χ1v) is 7.06. The van der Waals surface area contributed by atoms with Crippen LogP contribution in [0.2, 0.25) is 0 Å². The molecule has 0 saturated carbocycles. The molecule has 0 bridgehead atoms. The largest absolute Gasteiger partial charge is 0.478 e. The number of benzene rings is 2. The summed E-state index contributed by atoms with van der Waals surface area (Å²) in [5.74, 6) is -1.82. The third kappa shape index (κ3) is 2.74. The Hall–Kier alpha value is -3.48. The van der Waals surface area contributed by atoms with Gasteiger partial charge in [0.05, 0.1) is 11.0 Å². The molecule has 0 radical (unpaired) electrons. The molecule has 0 heterocycles. The Morgan fingerprint density at radius 3 is 2.50 bits per heavy atom. The standard InChI is InChI=1S/C17H12N2O5/c20-15(7-8-16(21)22)18-17-13-4-2-1-3-11(13)12-6-5-10(19(23)24)9-14(12)17/h1-9,17H,(H,18,20)(H,21,22)/b8-7-. The average molecular weight is 324 g/mol. The molecule has 0 saturated heterocycles. The first kappa shape index (κ1) is 15.4. The summed E-state index contributed by atoms with van der Waals surface area (Å²) in [6.07, 6.45) is 1.66. The van der Waals surface area contributed by atoms with Gasteiger partial charge >= 0.3 is 5.97 Å². The first-order chi connectivity index (χ1) is 11.5. The smallest absolute Gasteiger partial charge is 0.328 e. The number of carbonyl (C=O) groups excluding carboxylic acids is 1. The number of fused-ring (bicyclic) bond motifs is 3. The summed E-state index contributed by atoms with van der Waals surface area (Å²) in [6, 6.07) is 11.3. The number of carboxylic acid groups (broad SMARTS) is 1. The SMILES string of the molecule is O=C(O)/C=C\C(=O)NC1c2ccccc2-c2ccc([N+](=O)[O-])cc21. The number of hydrogen-bond acceptors (Lipinski definition) is 4. The van der Waals surface area contributed by atoms with Crippen LogP contribution in [-0.4, -0.2) is 21.9 Å². The van der Waals surface area contributed by atoms with Crippen molar-refractivity contribution in [3.63, 3.8) is 0 Å². The van der Waals surface area contributed by atoms with Crippen molar-refractivity contribution in [3.8, 4) is 11.1 Å². The van der Waals surface area contributed by atoms with Crippen LogP contribution in [0.5, 0.6) is 0 Å². The van der Waals surface area contributed by atoms with Crippen molar-refractivity contribution < 1.29 is 19.6 Å². The minimum atomic E-state index is -1.23. The number of nitrogens with zero attached hydrogens (tertiary/aromatic N) is 1. The van der Waals surface area contributed by atoms with Gasteiger partial charge in [-0.25, -0.2) is 4.79 Å². The van der Waals surface area contributed by atoms with Gasteiger partial charge in [0.15, 0.2) is 0 Å². The first-order valence-electron chi connectivity index (χ1n) is 7.06. The van der Waals surface area contributed by atoms with E-state index in [2.05, 4.69) is 5.32 Å². The van der Waals surface area contributed by atoms with Gasteiger partial charge in [-0.05, 0) is 28.3 Å². The number of carboxylic acids is 1. The van der Waals surface area contributed by atoms with E-state index in [0.29, 0.717) is 5.56 Å². The summed E-state index contributed by atoms with van der Waals surface area (Å²) in [5, 5.41) is 22.3. The molecule has 1 atom stereocenters. The molecule has 2 aromatic rings. The fourth-order valence-corrected chi connectivity index (χ4v) is 2.80. The molecule has 7 heteroatoms. The van der Waals surface area contributed by atoms with Crippen LogP contribution in [0, 0.1) is 10.1 Å². The lowest BCUT2D eigenvalue weighted by Gasteiger charge is -2.14. The van der Waals surface area contributed by atoms with E-state index in [1.807, 2.05) is 24.3 Å². The lowest BCUT2D eigenvalue weighted by molar-refractivity contribution is -0.384. The van der Waals surface area contributed by atoms with Crippen LogP contribution in [0.3, 0.4) is 0 Å². The molecule has 2 aromatic carbocycles. The highest BCUT2D eigenvalue weighted by atomic mass is 16.6. The molecular formula is C17H12N2O5. The van der Waals surface area contributed by atoms with Gasteiger partial charge in [-0.2, -0.15) is 0 Å². The predicted octanol–water partition coefficient (Wildman–Crippen LogP) is 2.42. The highest BCUT2D eigenvalue weighted by molar-refractivity contribution is 5.95. The minimum absolute atomic E-state index is 0.0677. The Morgan fingerprint density at radius 1 is 1.08 bits per heavy atom. The van der Waals surface area contributed by atoms with E-state index < -0.39 is 22.8 Å². The van der Waals surface area contributed by atoms with E-state index >= 15 is 0 Å². The van der Waals surface area contributed by atoms with Crippen molar-refractivity contribution in [1.82, 2.24) is 5.32 Å². The van der Waals surface area contributed by atoms with E-state index in [1.54, 1.807) is 6.07 Å². The number of carbonyl (C=O) groups is 2. The second kappa shape index (κ2) is 5.96. The molecule has 1 amide bonds. The molecule has 0 aromatic heterocycles. The maximum Gasteiger partial charge on any atom is 0.328 e. The molecule has 1 aliphatic carbocycles. The summed E-state index contributed by atoms with van der Waals surface area (Å²) in [6.45, 7) is 0. The van der Waals surface area contributed by atoms with Gasteiger partial charge in [-0.15, -0.1) is 0 Å². The lowest BCUT2D eigenvalue weighted by atomic mass is 10.0. The fraction of sp³-hybridized carbons (Fsp3) is 0.0588. The molecule has 7 nitrogen and oxygen atoms in total. The van der Waals surface area contributed by atoms with E-state index in [9.17, 15) is 19.7 Å².